The minimum Gasteiger partial charge on any atom is -0.386 e. The molecule has 0 radical (unpaired) electrons. The molecule has 0 aliphatic carbocycles. The van der Waals surface area contributed by atoms with E-state index in [4.69, 9.17) is 11.6 Å². The third kappa shape index (κ3) is 3.49. The Kier molecular flexibility index (Phi) is 4.10. The highest BCUT2D eigenvalue weighted by Gasteiger charge is 2.10. The number of rotatable bonds is 4. The predicted molar refractivity (Wildman–Crippen MR) is 70.3 cm³/mol. The van der Waals surface area contributed by atoms with E-state index in [1.54, 1.807) is 16.4 Å². The van der Waals surface area contributed by atoms with Crippen LogP contribution < -0.4 is 0 Å². The van der Waals surface area contributed by atoms with Gasteiger partial charge in [-0.25, -0.2) is 0 Å². The first-order chi connectivity index (χ1) is 8.15. The molecule has 0 fully saturated rings. The normalized spacial score (nSPS) is 12.6. The van der Waals surface area contributed by atoms with E-state index in [0.717, 1.165) is 4.90 Å². The minimum absolute atomic E-state index is 0.555. The number of hydrogen-bond donors (Lipinski definition) is 1. The first-order valence-corrected chi connectivity index (χ1v) is 6.57. The van der Waals surface area contributed by atoms with Crippen LogP contribution >= 0.6 is 23.4 Å². The van der Waals surface area contributed by atoms with Gasteiger partial charge in [-0.15, -0.1) is 11.8 Å². The fourth-order valence-electron chi connectivity index (χ4n) is 1.43. The van der Waals surface area contributed by atoms with Gasteiger partial charge < -0.3 is 5.11 Å². The first-order valence-electron chi connectivity index (χ1n) is 5.21. The Morgan fingerprint density at radius 1 is 1.47 bits per heavy atom. The predicted octanol–water partition coefficient (Wildman–Crippen LogP) is 2.90. The quantitative estimate of drug-likeness (QED) is 0.867. The SMILES string of the molecule is Cn1ccc(C(O)CSc2cccc(Cl)c2)n1. The maximum absolute atomic E-state index is 9.93. The smallest absolute Gasteiger partial charge is 0.107 e. The van der Waals surface area contributed by atoms with Crippen LogP contribution in [0, 0.1) is 0 Å². The standard InChI is InChI=1S/C12H13ClN2OS/c1-15-6-5-11(14-15)12(16)8-17-10-4-2-3-9(13)7-10/h2-7,12,16H,8H2,1H3. The van der Waals surface area contributed by atoms with Crippen molar-refractivity contribution in [1.82, 2.24) is 9.78 Å². The van der Waals surface area contributed by atoms with Crippen molar-refractivity contribution in [2.75, 3.05) is 5.75 Å². The monoisotopic (exact) mass is 268 g/mol. The number of aliphatic hydroxyl groups excluding tert-OH is 1. The molecule has 1 N–H and O–H groups in total. The van der Waals surface area contributed by atoms with Gasteiger partial charge in [0.05, 0.1) is 5.69 Å². The maximum Gasteiger partial charge on any atom is 0.107 e. The lowest BCUT2D eigenvalue weighted by Gasteiger charge is -2.07. The van der Waals surface area contributed by atoms with E-state index in [9.17, 15) is 5.11 Å². The summed E-state index contributed by atoms with van der Waals surface area (Å²) in [7, 11) is 1.83. The Bertz CT molecular complexity index is 501. The van der Waals surface area contributed by atoms with Crippen LogP contribution in [0.3, 0.4) is 0 Å². The van der Waals surface area contributed by atoms with Gasteiger partial charge in [0.1, 0.15) is 6.10 Å². The number of aromatic nitrogens is 2. The number of halogens is 1. The van der Waals surface area contributed by atoms with Gasteiger partial charge in [-0.1, -0.05) is 17.7 Å². The summed E-state index contributed by atoms with van der Waals surface area (Å²) in [5.74, 6) is 0.567. The Morgan fingerprint density at radius 3 is 2.94 bits per heavy atom. The first kappa shape index (κ1) is 12.5. The molecule has 1 atom stereocenters. The van der Waals surface area contributed by atoms with Crippen molar-refractivity contribution in [2.45, 2.75) is 11.0 Å². The van der Waals surface area contributed by atoms with Crippen LogP contribution in [0.5, 0.6) is 0 Å². The molecule has 0 bridgehead atoms. The Labute approximate surface area is 109 Å². The van der Waals surface area contributed by atoms with Gasteiger partial charge in [0.15, 0.2) is 0 Å². The molecule has 2 aromatic rings. The van der Waals surface area contributed by atoms with Crippen LogP contribution in [0.4, 0.5) is 0 Å². The fraction of sp³-hybridized carbons (Fsp3) is 0.250. The van der Waals surface area contributed by atoms with Crippen molar-refractivity contribution in [3.63, 3.8) is 0 Å². The van der Waals surface area contributed by atoms with Crippen molar-refractivity contribution in [1.29, 1.82) is 0 Å². The van der Waals surface area contributed by atoms with E-state index in [2.05, 4.69) is 5.10 Å². The highest BCUT2D eigenvalue weighted by molar-refractivity contribution is 7.99. The lowest BCUT2D eigenvalue weighted by Crippen LogP contribution is -2.02. The molecule has 1 heterocycles. The Hall–Kier alpha value is -0.970. The van der Waals surface area contributed by atoms with Gasteiger partial charge in [-0.3, -0.25) is 4.68 Å². The average molecular weight is 269 g/mol. The van der Waals surface area contributed by atoms with Crippen LogP contribution in [0.15, 0.2) is 41.4 Å². The Balaban J connectivity index is 1.94. The van der Waals surface area contributed by atoms with Crippen molar-refractivity contribution in [3.05, 3.63) is 47.2 Å². The van der Waals surface area contributed by atoms with E-state index in [-0.39, 0.29) is 0 Å². The van der Waals surface area contributed by atoms with E-state index in [0.29, 0.717) is 16.5 Å². The van der Waals surface area contributed by atoms with Crippen LogP contribution in [-0.4, -0.2) is 20.6 Å². The third-order valence-corrected chi connectivity index (χ3v) is 3.58. The highest BCUT2D eigenvalue weighted by atomic mass is 35.5. The number of benzene rings is 1. The van der Waals surface area contributed by atoms with Gasteiger partial charge >= 0.3 is 0 Å². The summed E-state index contributed by atoms with van der Waals surface area (Å²) in [6.45, 7) is 0. The van der Waals surface area contributed by atoms with E-state index >= 15 is 0 Å². The molecule has 1 unspecified atom stereocenters. The zero-order valence-electron chi connectivity index (χ0n) is 9.38. The van der Waals surface area contributed by atoms with Gasteiger partial charge in [-0.05, 0) is 24.3 Å². The van der Waals surface area contributed by atoms with E-state index in [1.165, 1.54) is 0 Å². The average Bonchev–Trinajstić information content (AvgIpc) is 2.73. The zero-order chi connectivity index (χ0) is 12.3. The van der Waals surface area contributed by atoms with E-state index in [1.807, 2.05) is 43.6 Å². The van der Waals surface area contributed by atoms with Crippen LogP contribution in [0.25, 0.3) is 0 Å². The van der Waals surface area contributed by atoms with Crippen molar-refractivity contribution in [2.24, 2.45) is 7.05 Å². The largest absolute Gasteiger partial charge is 0.386 e. The fourth-order valence-corrected chi connectivity index (χ4v) is 2.59. The molecule has 0 amide bonds. The molecule has 0 aliphatic rings. The summed E-state index contributed by atoms with van der Waals surface area (Å²) in [6.07, 6.45) is 1.27. The summed E-state index contributed by atoms with van der Waals surface area (Å²) >= 11 is 7.45. The molecule has 90 valence electrons. The van der Waals surface area contributed by atoms with Crippen LogP contribution in [0.2, 0.25) is 5.02 Å². The molecular weight excluding hydrogens is 256 g/mol. The van der Waals surface area contributed by atoms with Crippen LogP contribution in [0.1, 0.15) is 11.8 Å². The number of thioether (sulfide) groups is 1. The second-order valence-corrected chi connectivity index (χ2v) is 5.23. The summed E-state index contributed by atoms with van der Waals surface area (Å²) in [6, 6.07) is 9.42. The molecular formula is C12H13ClN2OS. The third-order valence-electron chi connectivity index (χ3n) is 2.28. The zero-order valence-corrected chi connectivity index (χ0v) is 10.9. The summed E-state index contributed by atoms with van der Waals surface area (Å²) in [5, 5.41) is 14.8. The van der Waals surface area contributed by atoms with Gasteiger partial charge in [0, 0.05) is 28.9 Å². The second-order valence-electron chi connectivity index (χ2n) is 3.70. The molecule has 3 nitrogen and oxygen atoms in total. The van der Waals surface area contributed by atoms with E-state index < -0.39 is 6.10 Å². The summed E-state index contributed by atoms with van der Waals surface area (Å²) in [4.78, 5) is 1.05. The molecule has 0 aliphatic heterocycles. The van der Waals surface area contributed by atoms with Crippen molar-refractivity contribution < 1.29 is 5.11 Å². The molecule has 2 rings (SSSR count). The summed E-state index contributed by atoms with van der Waals surface area (Å²) in [5.41, 5.74) is 0.696. The van der Waals surface area contributed by atoms with Crippen molar-refractivity contribution >= 4 is 23.4 Å². The van der Waals surface area contributed by atoms with Gasteiger partial charge in [-0.2, -0.15) is 5.10 Å². The molecule has 0 saturated heterocycles. The summed E-state index contributed by atoms with van der Waals surface area (Å²) < 4.78 is 1.68. The molecule has 1 aromatic heterocycles. The molecule has 17 heavy (non-hydrogen) atoms. The second kappa shape index (κ2) is 5.58. The van der Waals surface area contributed by atoms with Gasteiger partial charge in [0.25, 0.3) is 0 Å². The number of nitrogens with zero attached hydrogens (tertiary/aromatic N) is 2. The lowest BCUT2D eigenvalue weighted by atomic mass is 10.3. The van der Waals surface area contributed by atoms with Crippen LogP contribution in [-0.2, 0) is 7.05 Å². The highest BCUT2D eigenvalue weighted by Crippen LogP contribution is 2.25. The van der Waals surface area contributed by atoms with Crippen molar-refractivity contribution in [3.8, 4) is 0 Å². The number of hydrogen-bond acceptors (Lipinski definition) is 3. The maximum atomic E-state index is 9.93. The number of aryl methyl sites for hydroxylation is 1. The molecule has 1 aromatic carbocycles. The molecule has 0 saturated carbocycles. The molecule has 0 spiro atoms. The van der Waals surface area contributed by atoms with Gasteiger partial charge in [0.2, 0.25) is 0 Å². The minimum atomic E-state index is -0.555. The topological polar surface area (TPSA) is 38.0 Å². The Morgan fingerprint density at radius 2 is 2.29 bits per heavy atom. The molecule has 5 heteroatoms. The number of aliphatic hydroxyl groups is 1. The lowest BCUT2D eigenvalue weighted by molar-refractivity contribution is 0.198.